The molecule has 1 N–H and O–H groups in total. The Morgan fingerprint density at radius 1 is 0.767 bits per heavy atom. The minimum Gasteiger partial charge on any atom is -0.336 e. The molecule has 0 spiro atoms. The number of thioether (sulfide) groups is 1. The largest absolute Gasteiger partial charge is 0.336 e. The van der Waals surface area contributed by atoms with E-state index in [4.69, 9.17) is 4.98 Å². The molecule has 146 valence electrons. The van der Waals surface area contributed by atoms with Crippen LogP contribution in [0, 0.1) is 0 Å². The van der Waals surface area contributed by atoms with Crippen LogP contribution in [0.3, 0.4) is 0 Å². The first kappa shape index (κ1) is 18.6. The third-order valence-electron chi connectivity index (χ3n) is 5.07. The fraction of sp³-hybridized carbons (Fsp3) is 0.0769. The quantitative estimate of drug-likeness (QED) is 0.282. The molecule has 0 aliphatic carbocycles. The normalized spacial score (nSPS) is 11.1. The summed E-state index contributed by atoms with van der Waals surface area (Å²) < 4.78 is 2.20. The Bertz CT molecular complexity index is 1250. The Kier molecular flexibility index (Phi) is 5.32. The van der Waals surface area contributed by atoms with Crippen LogP contribution < -0.4 is 4.57 Å². The number of aromatic nitrogens is 3. The number of pyridine rings is 1. The summed E-state index contributed by atoms with van der Waals surface area (Å²) in [6, 6.07) is 31.8. The van der Waals surface area contributed by atoms with E-state index in [1.54, 1.807) is 11.8 Å². The molecule has 5 rings (SSSR count). The second-order valence-corrected chi connectivity index (χ2v) is 8.31. The number of benzene rings is 3. The van der Waals surface area contributed by atoms with Gasteiger partial charge in [-0.3, -0.25) is 0 Å². The van der Waals surface area contributed by atoms with Crippen LogP contribution in [-0.4, -0.2) is 9.97 Å². The van der Waals surface area contributed by atoms with Crippen molar-refractivity contribution in [2.75, 3.05) is 0 Å². The molecule has 0 saturated heterocycles. The minimum atomic E-state index is 0.831. The van der Waals surface area contributed by atoms with Crippen LogP contribution in [0.2, 0.25) is 0 Å². The fourth-order valence-corrected chi connectivity index (χ4v) is 4.32. The van der Waals surface area contributed by atoms with E-state index < -0.39 is 0 Å². The summed E-state index contributed by atoms with van der Waals surface area (Å²) in [7, 11) is 0. The molecule has 0 radical (unpaired) electrons. The molecule has 0 aliphatic rings. The van der Waals surface area contributed by atoms with Gasteiger partial charge >= 0.3 is 0 Å². The second-order valence-electron chi connectivity index (χ2n) is 7.26. The molecule has 5 aromatic rings. The van der Waals surface area contributed by atoms with Gasteiger partial charge in [0.15, 0.2) is 18.9 Å². The summed E-state index contributed by atoms with van der Waals surface area (Å²) in [4.78, 5) is 9.46. The zero-order valence-corrected chi connectivity index (χ0v) is 17.3. The summed E-state index contributed by atoms with van der Waals surface area (Å²) >= 11 is 1.79. The third kappa shape index (κ3) is 4.29. The highest BCUT2D eigenvalue weighted by Gasteiger charge is 2.10. The number of aromatic amines is 1. The molecule has 0 bridgehead atoms. The van der Waals surface area contributed by atoms with Crippen molar-refractivity contribution in [2.45, 2.75) is 17.2 Å². The Morgan fingerprint density at radius 3 is 2.23 bits per heavy atom. The number of rotatable bonds is 6. The molecule has 30 heavy (non-hydrogen) atoms. The Morgan fingerprint density at radius 2 is 1.47 bits per heavy atom. The van der Waals surface area contributed by atoms with Gasteiger partial charge in [0.25, 0.3) is 0 Å². The molecule has 0 unspecified atom stereocenters. The topological polar surface area (TPSA) is 32.6 Å². The summed E-state index contributed by atoms with van der Waals surface area (Å²) in [5, 5.41) is 0. The maximum Gasteiger partial charge on any atom is 0.195 e. The Hall–Kier alpha value is -3.37. The van der Waals surface area contributed by atoms with E-state index in [2.05, 4.69) is 101 Å². The van der Waals surface area contributed by atoms with Crippen molar-refractivity contribution in [1.29, 1.82) is 0 Å². The SMILES string of the molecule is c1ccc(SCc2nc3cc[n+](Cc4ccc(-c5ccccc5)cc4)cc3[nH]2)cc1. The molecule has 0 fully saturated rings. The molecule has 4 heteroatoms. The van der Waals surface area contributed by atoms with Crippen LogP contribution in [0.4, 0.5) is 0 Å². The van der Waals surface area contributed by atoms with Crippen LogP contribution in [0.15, 0.2) is 108 Å². The lowest BCUT2D eigenvalue weighted by Crippen LogP contribution is -2.33. The molecular weight excluding hydrogens is 386 g/mol. The summed E-state index contributed by atoms with van der Waals surface area (Å²) in [6.45, 7) is 0.831. The minimum absolute atomic E-state index is 0.831. The van der Waals surface area contributed by atoms with Gasteiger partial charge in [0.1, 0.15) is 16.9 Å². The predicted octanol–water partition coefficient (Wildman–Crippen LogP) is 5.86. The molecule has 0 saturated carbocycles. The van der Waals surface area contributed by atoms with Crippen molar-refractivity contribution in [3.8, 4) is 11.1 Å². The van der Waals surface area contributed by atoms with Crippen molar-refractivity contribution in [1.82, 2.24) is 9.97 Å². The molecule has 0 atom stereocenters. The first-order valence-electron chi connectivity index (χ1n) is 10.0. The lowest BCUT2D eigenvalue weighted by atomic mass is 10.0. The van der Waals surface area contributed by atoms with Crippen LogP contribution in [0.25, 0.3) is 22.2 Å². The number of H-pyrrole nitrogens is 1. The molecule has 2 heterocycles. The lowest BCUT2D eigenvalue weighted by molar-refractivity contribution is -0.687. The van der Waals surface area contributed by atoms with Gasteiger partial charge in [0, 0.05) is 16.5 Å². The number of nitrogens with one attached hydrogen (secondary N) is 1. The fourth-order valence-electron chi connectivity index (χ4n) is 3.53. The Labute approximate surface area is 180 Å². The average molecular weight is 409 g/mol. The molecule has 0 amide bonds. The van der Waals surface area contributed by atoms with Gasteiger partial charge in [-0.05, 0) is 23.3 Å². The number of nitrogens with zero attached hydrogens (tertiary/aromatic N) is 2. The highest BCUT2D eigenvalue weighted by atomic mass is 32.2. The monoisotopic (exact) mass is 408 g/mol. The molecular formula is C26H22N3S+. The highest BCUT2D eigenvalue weighted by Crippen LogP contribution is 2.22. The van der Waals surface area contributed by atoms with E-state index in [0.717, 1.165) is 29.2 Å². The zero-order valence-electron chi connectivity index (χ0n) is 16.5. The second kappa shape index (κ2) is 8.56. The Balaban J connectivity index is 1.29. The summed E-state index contributed by atoms with van der Waals surface area (Å²) in [5.41, 5.74) is 5.85. The van der Waals surface area contributed by atoms with Gasteiger partial charge in [0.2, 0.25) is 0 Å². The van der Waals surface area contributed by atoms with Crippen LogP contribution in [0.5, 0.6) is 0 Å². The number of imidazole rings is 1. The first-order chi connectivity index (χ1) is 14.8. The van der Waals surface area contributed by atoms with Gasteiger partial charge in [-0.1, -0.05) is 72.8 Å². The zero-order chi connectivity index (χ0) is 20.2. The summed E-state index contributed by atoms with van der Waals surface area (Å²) in [5.74, 6) is 1.84. The van der Waals surface area contributed by atoms with E-state index in [9.17, 15) is 0 Å². The maximum absolute atomic E-state index is 4.73. The van der Waals surface area contributed by atoms with E-state index in [1.165, 1.54) is 21.6 Å². The average Bonchev–Trinajstić information content (AvgIpc) is 3.22. The van der Waals surface area contributed by atoms with Gasteiger partial charge in [-0.25, -0.2) is 4.98 Å². The van der Waals surface area contributed by atoms with Crippen molar-refractivity contribution in [3.05, 3.63) is 115 Å². The van der Waals surface area contributed by atoms with Crippen molar-refractivity contribution in [3.63, 3.8) is 0 Å². The predicted molar refractivity (Wildman–Crippen MR) is 123 cm³/mol. The van der Waals surface area contributed by atoms with Crippen molar-refractivity contribution in [2.24, 2.45) is 0 Å². The van der Waals surface area contributed by atoms with E-state index in [-0.39, 0.29) is 0 Å². The lowest BCUT2D eigenvalue weighted by Gasteiger charge is -2.03. The van der Waals surface area contributed by atoms with Crippen molar-refractivity contribution < 1.29 is 4.57 Å². The molecule has 3 aromatic carbocycles. The van der Waals surface area contributed by atoms with Gasteiger partial charge in [-0.15, -0.1) is 11.8 Å². The number of fused-ring (bicyclic) bond motifs is 1. The van der Waals surface area contributed by atoms with Gasteiger partial charge in [0.05, 0.1) is 5.75 Å². The maximum atomic E-state index is 4.73. The molecule has 2 aromatic heterocycles. The van der Waals surface area contributed by atoms with E-state index >= 15 is 0 Å². The number of hydrogen-bond acceptors (Lipinski definition) is 2. The summed E-state index contributed by atoms with van der Waals surface area (Å²) in [6.07, 6.45) is 4.24. The van der Waals surface area contributed by atoms with E-state index in [0.29, 0.717) is 0 Å². The molecule has 3 nitrogen and oxygen atoms in total. The standard InChI is InChI=1S/C26H21N3S/c1-3-7-21(8-4-1)22-13-11-20(12-14-22)17-29-16-15-24-25(18-29)28-26(27-24)19-30-23-9-5-2-6-10-23/h1-16,18H,17,19H2/p+1. The van der Waals surface area contributed by atoms with Crippen LogP contribution in [-0.2, 0) is 12.3 Å². The number of hydrogen-bond donors (Lipinski definition) is 1. The highest BCUT2D eigenvalue weighted by molar-refractivity contribution is 7.98. The third-order valence-corrected chi connectivity index (χ3v) is 6.10. The van der Waals surface area contributed by atoms with Gasteiger partial charge < -0.3 is 4.98 Å². The molecule has 0 aliphatic heterocycles. The van der Waals surface area contributed by atoms with Crippen molar-refractivity contribution >= 4 is 22.8 Å². The van der Waals surface area contributed by atoms with Gasteiger partial charge in [-0.2, -0.15) is 4.57 Å². The smallest absolute Gasteiger partial charge is 0.195 e. The van der Waals surface area contributed by atoms with E-state index in [1.807, 2.05) is 12.1 Å². The van der Waals surface area contributed by atoms with Crippen LogP contribution >= 0.6 is 11.8 Å². The first-order valence-corrected chi connectivity index (χ1v) is 11.0. The van der Waals surface area contributed by atoms with Crippen LogP contribution in [0.1, 0.15) is 11.4 Å².